The number of aromatic nitrogens is 1. The van der Waals surface area contributed by atoms with E-state index in [-0.39, 0.29) is 6.04 Å². The molecule has 0 N–H and O–H groups in total. The van der Waals surface area contributed by atoms with Crippen LogP contribution in [0, 0.1) is 0 Å². The van der Waals surface area contributed by atoms with Gasteiger partial charge in [-0.05, 0) is 43.3 Å². The zero-order chi connectivity index (χ0) is 15.0. The first-order valence-corrected chi connectivity index (χ1v) is 8.29. The van der Waals surface area contributed by atoms with Crippen LogP contribution in [0.4, 0.5) is 0 Å². The highest BCUT2D eigenvalue weighted by Crippen LogP contribution is 2.31. The van der Waals surface area contributed by atoms with E-state index in [1.54, 1.807) is 35.7 Å². The van der Waals surface area contributed by atoms with E-state index in [1.165, 1.54) is 0 Å². The van der Waals surface area contributed by atoms with E-state index in [0.29, 0.717) is 23.7 Å². The van der Waals surface area contributed by atoms with Crippen LogP contribution >= 0.6 is 0 Å². The summed E-state index contributed by atoms with van der Waals surface area (Å²) in [6, 6.07) is 10.3. The number of methoxy groups -OCH3 is 1. The summed E-state index contributed by atoms with van der Waals surface area (Å²) < 4.78 is 34.3. The molecule has 21 heavy (non-hydrogen) atoms. The molecule has 2 heterocycles. The summed E-state index contributed by atoms with van der Waals surface area (Å²) >= 11 is 0. The highest BCUT2D eigenvalue weighted by atomic mass is 32.2. The molecule has 3 rings (SSSR count). The highest BCUT2D eigenvalue weighted by molar-refractivity contribution is 7.89. The fraction of sp³-hybridized carbons (Fsp3) is 0.333. The van der Waals surface area contributed by atoms with Gasteiger partial charge >= 0.3 is 0 Å². The van der Waals surface area contributed by atoms with Crippen LogP contribution in [-0.4, -0.2) is 30.9 Å². The van der Waals surface area contributed by atoms with Crippen molar-refractivity contribution in [3.05, 3.63) is 48.3 Å². The average Bonchev–Trinajstić information content (AvgIpc) is 2.97. The number of fused-ring (bicyclic) bond motifs is 1. The van der Waals surface area contributed by atoms with Gasteiger partial charge in [-0.1, -0.05) is 0 Å². The Morgan fingerprint density at radius 1 is 1.14 bits per heavy atom. The monoisotopic (exact) mass is 306 g/mol. The Hall–Kier alpha value is -1.79. The van der Waals surface area contributed by atoms with E-state index < -0.39 is 10.0 Å². The molecule has 0 saturated carbocycles. The van der Waals surface area contributed by atoms with Gasteiger partial charge in [0, 0.05) is 25.0 Å². The van der Waals surface area contributed by atoms with Crippen molar-refractivity contribution >= 4 is 10.0 Å². The maximum atomic E-state index is 12.8. The molecule has 0 unspecified atom stereocenters. The van der Waals surface area contributed by atoms with Gasteiger partial charge in [0.25, 0.3) is 0 Å². The van der Waals surface area contributed by atoms with Gasteiger partial charge in [-0.2, -0.15) is 4.31 Å². The lowest BCUT2D eigenvalue weighted by Gasteiger charge is -2.33. The Labute approximate surface area is 124 Å². The maximum Gasteiger partial charge on any atom is 0.243 e. The SMILES string of the molecule is COc1ccc(S(=O)(=O)N2CCn3cccc3[C@@H]2C)cc1. The molecule has 1 aromatic carbocycles. The lowest BCUT2D eigenvalue weighted by Crippen LogP contribution is -2.40. The van der Waals surface area contributed by atoms with Crippen LogP contribution in [0.25, 0.3) is 0 Å². The van der Waals surface area contributed by atoms with Crippen molar-refractivity contribution < 1.29 is 13.2 Å². The van der Waals surface area contributed by atoms with E-state index in [0.717, 1.165) is 5.69 Å². The molecule has 1 atom stereocenters. The second-order valence-electron chi connectivity index (χ2n) is 5.09. The summed E-state index contributed by atoms with van der Waals surface area (Å²) in [6.45, 7) is 3.09. The van der Waals surface area contributed by atoms with Gasteiger partial charge in [-0.15, -0.1) is 0 Å². The topological polar surface area (TPSA) is 51.5 Å². The number of benzene rings is 1. The zero-order valence-corrected chi connectivity index (χ0v) is 12.9. The fourth-order valence-electron chi connectivity index (χ4n) is 2.77. The molecule has 2 aromatic rings. The number of sulfonamides is 1. The van der Waals surface area contributed by atoms with Crippen LogP contribution in [0.1, 0.15) is 18.7 Å². The first kappa shape index (κ1) is 14.2. The lowest BCUT2D eigenvalue weighted by molar-refractivity contribution is 0.282. The molecule has 0 radical (unpaired) electrons. The van der Waals surface area contributed by atoms with Gasteiger partial charge < -0.3 is 9.30 Å². The van der Waals surface area contributed by atoms with Gasteiger partial charge in [0.1, 0.15) is 5.75 Å². The minimum atomic E-state index is -3.49. The molecule has 0 saturated heterocycles. The van der Waals surface area contributed by atoms with Crippen LogP contribution in [-0.2, 0) is 16.6 Å². The minimum Gasteiger partial charge on any atom is -0.497 e. The average molecular weight is 306 g/mol. The smallest absolute Gasteiger partial charge is 0.243 e. The third-order valence-corrected chi connectivity index (χ3v) is 5.94. The molecule has 6 heteroatoms. The van der Waals surface area contributed by atoms with Crippen molar-refractivity contribution in [3.8, 4) is 5.75 Å². The molecule has 112 valence electrons. The first-order valence-electron chi connectivity index (χ1n) is 6.85. The summed E-state index contributed by atoms with van der Waals surface area (Å²) in [5, 5.41) is 0. The van der Waals surface area contributed by atoms with Crippen LogP contribution in [0.3, 0.4) is 0 Å². The number of hydrogen-bond acceptors (Lipinski definition) is 3. The predicted octanol–water partition coefficient (Wildman–Crippen LogP) is 2.26. The van der Waals surface area contributed by atoms with E-state index in [2.05, 4.69) is 4.57 Å². The van der Waals surface area contributed by atoms with Gasteiger partial charge in [-0.25, -0.2) is 8.42 Å². The van der Waals surface area contributed by atoms with Gasteiger partial charge in [0.05, 0.1) is 18.0 Å². The Morgan fingerprint density at radius 3 is 2.52 bits per heavy atom. The van der Waals surface area contributed by atoms with E-state index in [1.807, 2.05) is 25.3 Å². The van der Waals surface area contributed by atoms with Crippen LogP contribution in [0.15, 0.2) is 47.5 Å². The highest BCUT2D eigenvalue weighted by Gasteiger charge is 2.33. The first-order chi connectivity index (χ1) is 10.0. The zero-order valence-electron chi connectivity index (χ0n) is 12.1. The molecule has 0 spiro atoms. The molecule has 0 bridgehead atoms. The lowest BCUT2D eigenvalue weighted by atomic mass is 10.2. The third kappa shape index (κ3) is 2.34. The predicted molar refractivity (Wildman–Crippen MR) is 79.7 cm³/mol. The molecule has 0 aliphatic carbocycles. The minimum absolute atomic E-state index is 0.166. The second-order valence-corrected chi connectivity index (χ2v) is 6.98. The van der Waals surface area contributed by atoms with Crippen molar-refractivity contribution in [2.45, 2.75) is 24.4 Å². The van der Waals surface area contributed by atoms with Crippen LogP contribution in [0.5, 0.6) is 5.75 Å². The van der Waals surface area contributed by atoms with Crippen molar-refractivity contribution in [1.29, 1.82) is 0 Å². The summed E-state index contributed by atoms with van der Waals surface area (Å²) in [7, 11) is -1.93. The maximum absolute atomic E-state index is 12.8. The molecule has 1 aliphatic heterocycles. The Morgan fingerprint density at radius 2 is 1.86 bits per heavy atom. The van der Waals surface area contributed by atoms with E-state index in [9.17, 15) is 8.42 Å². The number of hydrogen-bond donors (Lipinski definition) is 0. The van der Waals surface area contributed by atoms with E-state index in [4.69, 9.17) is 4.74 Å². The van der Waals surface area contributed by atoms with Crippen molar-refractivity contribution in [2.24, 2.45) is 0 Å². The fourth-order valence-corrected chi connectivity index (χ4v) is 4.37. The molecule has 0 amide bonds. The van der Waals surface area contributed by atoms with E-state index >= 15 is 0 Å². The standard InChI is InChI=1S/C15H18N2O3S/c1-12-15-4-3-9-16(15)10-11-17(12)21(18,19)14-7-5-13(20-2)6-8-14/h3-9,12H,10-11H2,1-2H3/t12-/m0/s1. The Bertz CT molecular complexity index is 735. The largest absolute Gasteiger partial charge is 0.497 e. The van der Waals surface area contributed by atoms with Crippen LogP contribution < -0.4 is 4.74 Å². The van der Waals surface area contributed by atoms with Gasteiger partial charge in [0.15, 0.2) is 0 Å². The van der Waals surface area contributed by atoms with Crippen molar-refractivity contribution in [2.75, 3.05) is 13.7 Å². The normalized spacial score (nSPS) is 19.2. The molecule has 1 aromatic heterocycles. The quantitative estimate of drug-likeness (QED) is 0.874. The summed E-state index contributed by atoms with van der Waals surface area (Å²) in [5.74, 6) is 0.648. The number of ether oxygens (including phenoxy) is 1. The summed E-state index contributed by atoms with van der Waals surface area (Å²) in [6.07, 6.45) is 1.99. The second kappa shape index (κ2) is 5.20. The van der Waals surface area contributed by atoms with Crippen LogP contribution in [0.2, 0.25) is 0 Å². The van der Waals surface area contributed by atoms with Gasteiger partial charge in [-0.3, -0.25) is 0 Å². The Kier molecular flexibility index (Phi) is 3.51. The molecule has 1 aliphatic rings. The van der Waals surface area contributed by atoms with Gasteiger partial charge in [0.2, 0.25) is 10.0 Å². The van der Waals surface area contributed by atoms with Crippen molar-refractivity contribution in [3.63, 3.8) is 0 Å². The molecular formula is C15H18N2O3S. The Balaban J connectivity index is 1.95. The number of nitrogens with zero attached hydrogens (tertiary/aromatic N) is 2. The third-order valence-electron chi connectivity index (χ3n) is 3.95. The molecule has 0 fully saturated rings. The summed E-state index contributed by atoms with van der Waals surface area (Å²) in [4.78, 5) is 0.301. The summed E-state index contributed by atoms with van der Waals surface area (Å²) in [5.41, 5.74) is 1.03. The molecular weight excluding hydrogens is 288 g/mol. The molecule has 5 nitrogen and oxygen atoms in total. The number of rotatable bonds is 3. The van der Waals surface area contributed by atoms with Crippen molar-refractivity contribution in [1.82, 2.24) is 8.87 Å².